The lowest BCUT2D eigenvalue weighted by atomic mass is 9.95. The van der Waals surface area contributed by atoms with E-state index in [2.05, 4.69) is 0 Å². The monoisotopic (exact) mass is 351 g/mol. The third-order valence-corrected chi connectivity index (χ3v) is 6.11. The molecule has 4 nitrogen and oxygen atoms in total. The van der Waals surface area contributed by atoms with Crippen LogP contribution in [0.5, 0.6) is 0 Å². The first-order valence-corrected chi connectivity index (χ1v) is 9.23. The summed E-state index contributed by atoms with van der Waals surface area (Å²) < 4.78 is 27.0. The van der Waals surface area contributed by atoms with Crippen LogP contribution in [0.4, 0.5) is 0 Å². The Morgan fingerprint density at radius 1 is 1.10 bits per heavy atom. The quantitative estimate of drug-likeness (QED) is 0.885. The summed E-state index contributed by atoms with van der Waals surface area (Å²) in [7, 11) is -3.70. The summed E-state index contributed by atoms with van der Waals surface area (Å²) in [5.41, 5.74) is 0. The smallest absolute Gasteiger partial charge is 0.243 e. The van der Waals surface area contributed by atoms with Crippen LogP contribution in [0.25, 0.3) is 0 Å². The fraction of sp³-hybridized carbons (Fsp3) is 0.571. The molecule has 0 unspecified atom stereocenters. The summed E-state index contributed by atoms with van der Waals surface area (Å²) in [6.45, 7) is -0.110. The van der Waals surface area contributed by atoms with Crippen LogP contribution in [0.15, 0.2) is 23.1 Å². The molecule has 21 heavy (non-hydrogen) atoms. The zero-order valence-electron chi connectivity index (χ0n) is 11.6. The van der Waals surface area contributed by atoms with Gasteiger partial charge in [-0.15, -0.1) is 0 Å². The Kier molecular flexibility index (Phi) is 5.91. The van der Waals surface area contributed by atoms with Crippen molar-refractivity contribution in [2.24, 2.45) is 0 Å². The molecule has 0 aromatic heterocycles. The van der Waals surface area contributed by atoms with E-state index in [9.17, 15) is 13.5 Å². The third kappa shape index (κ3) is 4.11. The van der Waals surface area contributed by atoms with Gasteiger partial charge in [-0.25, -0.2) is 8.42 Å². The molecule has 0 amide bonds. The summed E-state index contributed by atoms with van der Waals surface area (Å²) in [4.78, 5) is 0.0824. The van der Waals surface area contributed by atoms with E-state index in [4.69, 9.17) is 23.2 Å². The summed E-state index contributed by atoms with van der Waals surface area (Å²) in [6, 6.07) is 4.24. The molecule has 0 atom stereocenters. The van der Waals surface area contributed by atoms with Gasteiger partial charge in [-0.05, 0) is 31.0 Å². The minimum atomic E-state index is -3.70. The topological polar surface area (TPSA) is 57.6 Å². The molecule has 1 aliphatic carbocycles. The average molecular weight is 352 g/mol. The number of aliphatic hydroxyl groups excluding tert-OH is 1. The van der Waals surface area contributed by atoms with Gasteiger partial charge >= 0.3 is 0 Å². The Bertz CT molecular complexity index is 566. The Balaban J connectivity index is 2.36. The molecule has 1 N–H and O–H groups in total. The van der Waals surface area contributed by atoms with E-state index in [-0.39, 0.29) is 34.1 Å². The zero-order valence-corrected chi connectivity index (χ0v) is 14.0. The first kappa shape index (κ1) is 17.0. The van der Waals surface area contributed by atoms with Gasteiger partial charge in [-0.3, -0.25) is 0 Å². The number of sulfonamides is 1. The minimum Gasteiger partial charge on any atom is -0.395 e. The highest BCUT2D eigenvalue weighted by Gasteiger charge is 2.32. The Morgan fingerprint density at radius 3 is 2.19 bits per heavy atom. The molecular weight excluding hydrogens is 333 g/mol. The second kappa shape index (κ2) is 7.29. The molecule has 1 aliphatic rings. The zero-order chi connectivity index (χ0) is 15.5. The highest BCUT2D eigenvalue weighted by Crippen LogP contribution is 2.30. The fourth-order valence-electron chi connectivity index (χ4n) is 2.78. The molecule has 7 heteroatoms. The molecule has 1 saturated carbocycles. The summed E-state index contributed by atoms with van der Waals surface area (Å²) >= 11 is 11.8. The number of rotatable bonds is 5. The second-order valence-corrected chi connectivity index (χ2v) is 8.00. The van der Waals surface area contributed by atoms with Gasteiger partial charge in [0.2, 0.25) is 10.0 Å². The maximum absolute atomic E-state index is 12.8. The normalized spacial score (nSPS) is 17.3. The van der Waals surface area contributed by atoms with Gasteiger partial charge in [0.25, 0.3) is 0 Å². The Hall–Kier alpha value is -0.330. The van der Waals surface area contributed by atoms with Gasteiger partial charge in [0.05, 0.1) is 11.5 Å². The number of benzene rings is 1. The molecule has 0 aliphatic heterocycles. The van der Waals surface area contributed by atoms with E-state index in [1.54, 1.807) is 0 Å². The standard InChI is InChI=1S/C14H19Cl2NO3S/c15-11-8-12(16)10-14(9-11)21(19,20)17(6-7-18)13-4-2-1-3-5-13/h8-10,13,18H,1-7H2. The molecular formula is C14H19Cl2NO3S. The van der Waals surface area contributed by atoms with E-state index < -0.39 is 10.0 Å². The van der Waals surface area contributed by atoms with Crippen molar-refractivity contribution in [3.05, 3.63) is 28.2 Å². The van der Waals surface area contributed by atoms with Crippen molar-refractivity contribution in [1.82, 2.24) is 4.31 Å². The number of aliphatic hydroxyl groups is 1. The largest absolute Gasteiger partial charge is 0.395 e. The van der Waals surface area contributed by atoms with Crippen LogP contribution < -0.4 is 0 Å². The Morgan fingerprint density at radius 2 is 1.67 bits per heavy atom. The van der Waals surface area contributed by atoms with Crippen molar-refractivity contribution >= 4 is 33.2 Å². The molecule has 2 rings (SSSR count). The van der Waals surface area contributed by atoms with Crippen molar-refractivity contribution in [2.75, 3.05) is 13.2 Å². The van der Waals surface area contributed by atoms with Crippen molar-refractivity contribution in [2.45, 2.75) is 43.0 Å². The van der Waals surface area contributed by atoms with E-state index in [0.717, 1.165) is 32.1 Å². The SMILES string of the molecule is O=S(=O)(c1cc(Cl)cc(Cl)c1)N(CCO)C1CCCCC1. The van der Waals surface area contributed by atoms with Gasteiger partial charge < -0.3 is 5.11 Å². The van der Waals surface area contributed by atoms with Crippen LogP contribution >= 0.6 is 23.2 Å². The van der Waals surface area contributed by atoms with Gasteiger partial charge in [-0.1, -0.05) is 42.5 Å². The lowest BCUT2D eigenvalue weighted by Crippen LogP contribution is -2.43. The number of hydrogen-bond donors (Lipinski definition) is 1. The molecule has 0 saturated heterocycles. The lowest BCUT2D eigenvalue weighted by Gasteiger charge is -2.33. The molecule has 0 radical (unpaired) electrons. The Labute approximate surface area is 135 Å². The highest BCUT2D eigenvalue weighted by atomic mass is 35.5. The van der Waals surface area contributed by atoms with Crippen molar-refractivity contribution < 1.29 is 13.5 Å². The van der Waals surface area contributed by atoms with E-state index in [0.29, 0.717) is 0 Å². The highest BCUT2D eigenvalue weighted by molar-refractivity contribution is 7.89. The number of nitrogens with zero attached hydrogens (tertiary/aromatic N) is 1. The number of hydrogen-bond acceptors (Lipinski definition) is 3. The molecule has 0 heterocycles. The van der Waals surface area contributed by atoms with Crippen LogP contribution in [0, 0.1) is 0 Å². The molecule has 0 spiro atoms. The van der Waals surface area contributed by atoms with Gasteiger partial charge in [0, 0.05) is 22.6 Å². The van der Waals surface area contributed by atoms with Crippen LogP contribution in [-0.4, -0.2) is 37.0 Å². The van der Waals surface area contributed by atoms with Gasteiger partial charge in [0.15, 0.2) is 0 Å². The van der Waals surface area contributed by atoms with Gasteiger partial charge in [0.1, 0.15) is 0 Å². The predicted molar refractivity (Wildman–Crippen MR) is 84.3 cm³/mol. The van der Waals surface area contributed by atoms with E-state index in [1.165, 1.54) is 22.5 Å². The second-order valence-electron chi connectivity index (χ2n) is 5.24. The van der Waals surface area contributed by atoms with Crippen LogP contribution in [0.1, 0.15) is 32.1 Å². The van der Waals surface area contributed by atoms with Crippen molar-refractivity contribution in [3.8, 4) is 0 Å². The lowest BCUT2D eigenvalue weighted by molar-refractivity contribution is 0.199. The fourth-order valence-corrected chi connectivity index (χ4v) is 5.18. The molecule has 1 aromatic rings. The first-order chi connectivity index (χ1) is 9.95. The van der Waals surface area contributed by atoms with E-state index in [1.807, 2.05) is 0 Å². The van der Waals surface area contributed by atoms with Crippen molar-refractivity contribution in [3.63, 3.8) is 0 Å². The maximum Gasteiger partial charge on any atom is 0.243 e. The minimum absolute atomic E-state index is 0.0614. The predicted octanol–water partition coefficient (Wildman–Crippen LogP) is 3.31. The first-order valence-electron chi connectivity index (χ1n) is 7.04. The molecule has 0 bridgehead atoms. The van der Waals surface area contributed by atoms with Crippen LogP contribution in [-0.2, 0) is 10.0 Å². The van der Waals surface area contributed by atoms with Gasteiger partial charge in [-0.2, -0.15) is 4.31 Å². The van der Waals surface area contributed by atoms with Crippen LogP contribution in [0.2, 0.25) is 10.0 Å². The summed E-state index contributed by atoms with van der Waals surface area (Å²) in [5, 5.41) is 9.80. The third-order valence-electron chi connectivity index (χ3n) is 3.75. The summed E-state index contributed by atoms with van der Waals surface area (Å²) in [6.07, 6.45) is 4.81. The van der Waals surface area contributed by atoms with Crippen molar-refractivity contribution in [1.29, 1.82) is 0 Å². The van der Waals surface area contributed by atoms with E-state index >= 15 is 0 Å². The maximum atomic E-state index is 12.8. The number of halogens is 2. The summed E-state index contributed by atoms with van der Waals surface area (Å²) in [5.74, 6) is 0. The van der Waals surface area contributed by atoms with Crippen LogP contribution in [0.3, 0.4) is 0 Å². The average Bonchev–Trinajstić information content (AvgIpc) is 2.44. The molecule has 1 aromatic carbocycles. The molecule has 1 fully saturated rings. The molecule has 118 valence electrons.